The summed E-state index contributed by atoms with van der Waals surface area (Å²) >= 11 is 0. The number of hydrogen-bond acceptors (Lipinski definition) is 4. The Balaban J connectivity index is 1.83. The Labute approximate surface area is 161 Å². The second-order valence-corrected chi connectivity index (χ2v) is 7.33. The highest BCUT2D eigenvalue weighted by molar-refractivity contribution is 6.04. The number of anilines is 1. The molecular weight excluding hydrogens is 352 g/mol. The molecular formula is C23H18N2O3. The molecule has 0 spiro atoms. The van der Waals surface area contributed by atoms with Gasteiger partial charge in [0, 0.05) is 41.4 Å². The molecule has 1 N–H and O–H groups in total. The van der Waals surface area contributed by atoms with Gasteiger partial charge in [-0.3, -0.25) is 14.9 Å². The lowest BCUT2D eigenvalue weighted by atomic mass is 9.74. The molecule has 0 radical (unpaired) electrons. The van der Waals surface area contributed by atoms with Gasteiger partial charge >= 0.3 is 0 Å². The lowest BCUT2D eigenvalue weighted by molar-refractivity contribution is -0.384. The van der Waals surface area contributed by atoms with Crippen LogP contribution in [0.1, 0.15) is 36.3 Å². The molecule has 5 rings (SSSR count). The molecule has 0 aromatic heterocycles. The highest BCUT2D eigenvalue weighted by atomic mass is 16.6. The summed E-state index contributed by atoms with van der Waals surface area (Å²) in [4.78, 5) is 23.9. The van der Waals surface area contributed by atoms with E-state index in [0.29, 0.717) is 6.42 Å². The molecule has 5 nitrogen and oxygen atoms in total. The lowest BCUT2D eigenvalue weighted by Crippen LogP contribution is -2.27. The second-order valence-electron chi connectivity index (χ2n) is 7.33. The maximum Gasteiger partial charge on any atom is 0.269 e. The first kappa shape index (κ1) is 16.7. The average molecular weight is 370 g/mol. The Hall–Kier alpha value is -3.47. The van der Waals surface area contributed by atoms with E-state index >= 15 is 0 Å². The third-order valence-corrected chi connectivity index (χ3v) is 5.70. The smallest absolute Gasteiger partial charge is 0.269 e. The van der Waals surface area contributed by atoms with Gasteiger partial charge < -0.3 is 5.32 Å². The summed E-state index contributed by atoms with van der Waals surface area (Å²) in [5.74, 6) is -0.172. The molecule has 5 heteroatoms. The number of fused-ring (bicyclic) bond motifs is 3. The number of non-ortho nitro benzene ring substituents is 1. The van der Waals surface area contributed by atoms with Crippen LogP contribution in [0.2, 0.25) is 0 Å². The van der Waals surface area contributed by atoms with Gasteiger partial charge in [-0.15, -0.1) is 0 Å². The molecule has 0 bridgehead atoms. The third kappa shape index (κ3) is 2.51. The molecule has 0 saturated heterocycles. The van der Waals surface area contributed by atoms with Gasteiger partial charge in [-0.2, -0.15) is 0 Å². The molecule has 0 amide bonds. The van der Waals surface area contributed by atoms with Crippen molar-refractivity contribution in [3.05, 3.63) is 93.2 Å². The number of nitro benzene ring substituents is 1. The van der Waals surface area contributed by atoms with Crippen LogP contribution in [0.5, 0.6) is 0 Å². The second kappa shape index (κ2) is 6.30. The Bertz CT molecular complexity index is 1180. The van der Waals surface area contributed by atoms with Crippen molar-refractivity contribution in [2.45, 2.75) is 25.2 Å². The molecule has 0 fully saturated rings. The van der Waals surface area contributed by atoms with E-state index in [9.17, 15) is 14.9 Å². The SMILES string of the molecule is O=C1CCCC2=C1[C@@H](c1cccc([N+](=O)[O-])c1)c1c(ccc3ccccc13)N2. The minimum Gasteiger partial charge on any atom is -0.358 e. The van der Waals surface area contributed by atoms with E-state index in [1.165, 1.54) is 6.07 Å². The zero-order valence-corrected chi connectivity index (χ0v) is 15.1. The topological polar surface area (TPSA) is 72.2 Å². The van der Waals surface area contributed by atoms with E-state index < -0.39 is 0 Å². The summed E-state index contributed by atoms with van der Waals surface area (Å²) in [5, 5.41) is 17.0. The first-order valence-corrected chi connectivity index (χ1v) is 9.43. The van der Waals surface area contributed by atoms with Crippen molar-refractivity contribution >= 4 is 27.9 Å². The molecule has 3 aromatic rings. The number of nitrogens with one attached hydrogen (secondary N) is 1. The van der Waals surface area contributed by atoms with E-state index in [-0.39, 0.29) is 22.3 Å². The highest BCUT2D eigenvalue weighted by Crippen LogP contribution is 2.48. The quantitative estimate of drug-likeness (QED) is 0.490. The number of ketones is 1. The van der Waals surface area contributed by atoms with E-state index in [1.54, 1.807) is 12.1 Å². The van der Waals surface area contributed by atoms with E-state index in [1.807, 2.05) is 30.3 Å². The van der Waals surface area contributed by atoms with Crippen molar-refractivity contribution in [3.63, 3.8) is 0 Å². The maximum atomic E-state index is 12.9. The molecule has 2 aliphatic rings. The lowest BCUT2D eigenvalue weighted by Gasteiger charge is -2.35. The first-order valence-electron chi connectivity index (χ1n) is 9.43. The zero-order chi connectivity index (χ0) is 19.3. The number of nitro groups is 1. The summed E-state index contributed by atoms with van der Waals surface area (Å²) < 4.78 is 0. The van der Waals surface area contributed by atoms with Crippen molar-refractivity contribution in [1.82, 2.24) is 0 Å². The monoisotopic (exact) mass is 370 g/mol. The summed E-state index contributed by atoms with van der Waals surface area (Å²) in [5.41, 5.74) is 4.54. The molecule has 1 aliphatic carbocycles. The summed E-state index contributed by atoms with van der Waals surface area (Å²) in [6.07, 6.45) is 2.17. The van der Waals surface area contributed by atoms with Crippen LogP contribution in [-0.2, 0) is 4.79 Å². The van der Waals surface area contributed by atoms with Crippen molar-refractivity contribution in [1.29, 1.82) is 0 Å². The van der Waals surface area contributed by atoms with Crippen molar-refractivity contribution in [3.8, 4) is 0 Å². The molecule has 0 unspecified atom stereocenters. The van der Waals surface area contributed by atoms with Gasteiger partial charge in [-0.25, -0.2) is 0 Å². The molecule has 1 heterocycles. The number of allylic oxidation sites excluding steroid dienone is 2. The van der Waals surface area contributed by atoms with Gasteiger partial charge in [-0.1, -0.05) is 42.5 Å². The fraction of sp³-hybridized carbons (Fsp3) is 0.174. The van der Waals surface area contributed by atoms with Crippen LogP contribution in [0.15, 0.2) is 71.9 Å². The zero-order valence-electron chi connectivity index (χ0n) is 15.1. The number of hydrogen-bond donors (Lipinski definition) is 1. The molecule has 3 aromatic carbocycles. The molecule has 28 heavy (non-hydrogen) atoms. The Kier molecular flexibility index (Phi) is 3.76. The predicted molar refractivity (Wildman–Crippen MR) is 108 cm³/mol. The molecule has 0 saturated carbocycles. The number of Topliss-reactive ketones (excluding diaryl/α,β-unsaturated/α-hetero) is 1. The summed E-state index contributed by atoms with van der Waals surface area (Å²) in [6.45, 7) is 0. The fourth-order valence-corrected chi connectivity index (χ4v) is 4.50. The summed E-state index contributed by atoms with van der Waals surface area (Å²) in [7, 11) is 0. The summed E-state index contributed by atoms with van der Waals surface area (Å²) in [6, 6.07) is 18.9. The van der Waals surface area contributed by atoms with Crippen LogP contribution in [0.25, 0.3) is 10.8 Å². The van der Waals surface area contributed by atoms with Crippen molar-refractivity contribution < 1.29 is 9.72 Å². The van der Waals surface area contributed by atoms with Crippen LogP contribution < -0.4 is 5.32 Å². The van der Waals surface area contributed by atoms with Crippen LogP contribution in [-0.4, -0.2) is 10.7 Å². The van der Waals surface area contributed by atoms with Crippen LogP contribution >= 0.6 is 0 Å². The normalized spacial score (nSPS) is 18.4. The van der Waals surface area contributed by atoms with Crippen LogP contribution in [0.3, 0.4) is 0 Å². The Morgan fingerprint density at radius 1 is 1.00 bits per heavy atom. The highest BCUT2D eigenvalue weighted by Gasteiger charge is 2.36. The molecule has 1 aliphatic heterocycles. The standard InChI is InChI=1S/C23H18N2O3/c26-20-10-4-9-18-23(20)21(15-6-3-7-16(13-15)25(27)28)22-17-8-2-1-5-14(17)11-12-19(22)24-18/h1-3,5-8,11-13,21,24H,4,9-10H2/t21-/m0/s1. The van der Waals surface area contributed by atoms with Gasteiger partial charge in [0.15, 0.2) is 5.78 Å². The molecule has 1 atom stereocenters. The van der Waals surface area contributed by atoms with Gasteiger partial charge in [0.1, 0.15) is 0 Å². The number of carbonyl (C=O) groups is 1. The number of nitrogens with zero attached hydrogens (tertiary/aromatic N) is 1. The van der Waals surface area contributed by atoms with Crippen molar-refractivity contribution in [2.75, 3.05) is 5.32 Å². The van der Waals surface area contributed by atoms with E-state index in [4.69, 9.17) is 0 Å². The fourth-order valence-electron chi connectivity index (χ4n) is 4.50. The Morgan fingerprint density at radius 2 is 1.86 bits per heavy atom. The van der Waals surface area contributed by atoms with Gasteiger partial charge in [-0.05, 0) is 40.8 Å². The number of benzene rings is 3. The van der Waals surface area contributed by atoms with Crippen LogP contribution in [0, 0.1) is 10.1 Å². The number of rotatable bonds is 2. The minimum atomic E-state index is -0.382. The largest absolute Gasteiger partial charge is 0.358 e. The van der Waals surface area contributed by atoms with E-state index in [0.717, 1.165) is 51.7 Å². The first-order chi connectivity index (χ1) is 13.6. The van der Waals surface area contributed by atoms with E-state index in [2.05, 4.69) is 17.4 Å². The molecule has 138 valence electrons. The van der Waals surface area contributed by atoms with Gasteiger partial charge in [0.25, 0.3) is 5.69 Å². The minimum absolute atomic E-state index is 0.0447. The third-order valence-electron chi connectivity index (χ3n) is 5.70. The van der Waals surface area contributed by atoms with Crippen LogP contribution in [0.4, 0.5) is 11.4 Å². The number of carbonyl (C=O) groups excluding carboxylic acids is 1. The van der Waals surface area contributed by atoms with Crippen molar-refractivity contribution in [2.24, 2.45) is 0 Å². The van der Waals surface area contributed by atoms with Gasteiger partial charge in [0.2, 0.25) is 0 Å². The maximum absolute atomic E-state index is 12.9. The average Bonchev–Trinajstić information content (AvgIpc) is 2.72. The Morgan fingerprint density at radius 3 is 2.71 bits per heavy atom. The predicted octanol–water partition coefficient (Wildman–Crippen LogP) is 5.31. The van der Waals surface area contributed by atoms with Gasteiger partial charge in [0.05, 0.1) is 4.92 Å².